The molecule has 2 N–H and O–H groups in total. The van der Waals surface area contributed by atoms with E-state index in [2.05, 4.69) is 27.1 Å². The third-order valence-corrected chi connectivity index (χ3v) is 4.02. The van der Waals surface area contributed by atoms with Crippen molar-refractivity contribution in [1.82, 2.24) is 15.3 Å². The molecule has 2 fully saturated rings. The van der Waals surface area contributed by atoms with Crippen LogP contribution in [0.4, 0.5) is 5.82 Å². The molecule has 1 saturated heterocycles. The van der Waals surface area contributed by atoms with Crippen LogP contribution in [0.3, 0.4) is 0 Å². The molecule has 0 aromatic carbocycles. The molecule has 0 amide bonds. The summed E-state index contributed by atoms with van der Waals surface area (Å²) in [5, 5.41) is 3.50. The summed E-state index contributed by atoms with van der Waals surface area (Å²) in [6, 6.07) is 2.16. The quantitative estimate of drug-likeness (QED) is 0.838. The number of nitrogens with one attached hydrogen (secondary N) is 2. The lowest BCUT2D eigenvalue weighted by molar-refractivity contribution is 0.582. The van der Waals surface area contributed by atoms with Gasteiger partial charge in [0.2, 0.25) is 0 Å². The average molecular weight is 262 g/mol. The maximum atomic E-state index is 11.8. The van der Waals surface area contributed by atoms with Gasteiger partial charge in [-0.2, -0.15) is 0 Å². The zero-order valence-corrected chi connectivity index (χ0v) is 11.5. The first kappa shape index (κ1) is 12.7. The Kier molecular flexibility index (Phi) is 3.55. The van der Waals surface area contributed by atoms with Crippen molar-refractivity contribution in [3.8, 4) is 0 Å². The highest BCUT2D eigenvalue weighted by atomic mass is 16.1. The summed E-state index contributed by atoms with van der Waals surface area (Å²) in [6.07, 6.45) is 4.78. The number of nitrogens with zero attached hydrogens (tertiary/aromatic N) is 2. The van der Waals surface area contributed by atoms with Crippen molar-refractivity contribution in [1.29, 1.82) is 0 Å². The van der Waals surface area contributed by atoms with Gasteiger partial charge in [0, 0.05) is 31.1 Å². The third-order valence-electron chi connectivity index (χ3n) is 4.02. The SMILES string of the molecule is CCN(CC1CCCN1)c1cc(=O)[nH]c(C2CC2)n1. The van der Waals surface area contributed by atoms with Gasteiger partial charge in [-0.3, -0.25) is 4.79 Å². The van der Waals surface area contributed by atoms with Crippen molar-refractivity contribution < 1.29 is 0 Å². The van der Waals surface area contributed by atoms with Gasteiger partial charge >= 0.3 is 0 Å². The molecule has 1 aliphatic heterocycles. The number of hydrogen-bond donors (Lipinski definition) is 2. The van der Waals surface area contributed by atoms with Gasteiger partial charge in [0.25, 0.3) is 5.56 Å². The molecule has 0 spiro atoms. The van der Waals surface area contributed by atoms with Crippen molar-refractivity contribution in [3.05, 3.63) is 22.2 Å². The molecule has 19 heavy (non-hydrogen) atoms. The van der Waals surface area contributed by atoms with E-state index in [4.69, 9.17) is 0 Å². The molecule has 5 heteroatoms. The van der Waals surface area contributed by atoms with Crippen molar-refractivity contribution in [3.63, 3.8) is 0 Å². The minimum Gasteiger partial charge on any atom is -0.355 e. The van der Waals surface area contributed by atoms with Crippen molar-refractivity contribution in [2.75, 3.05) is 24.5 Å². The van der Waals surface area contributed by atoms with Crippen LogP contribution in [0, 0.1) is 0 Å². The summed E-state index contributed by atoms with van der Waals surface area (Å²) in [7, 11) is 0. The summed E-state index contributed by atoms with van der Waals surface area (Å²) < 4.78 is 0. The molecular formula is C14H22N4O. The van der Waals surface area contributed by atoms with E-state index < -0.39 is 0 Å². The van der Waals surface area contributed by atoms with E-state index >= 15 is 0 Å². The number of rotatable bonds is 5. The maximum absolute atomic E-state index is 11.8. The lowest BCUT2D eigenvalue weighted by atomic mass is 10.2. The molecule has 1 aliphatic carbocycles. The van der Waals surface area contributed by atoms with Crippen LogP contribution >= 0.6 is 0 Å². The van der Waals surface area contributed by atoms with Crippen LogP contribution in [-0.4, -0.2) is 35.6 Å². The fraction of sp³-hybridized carbons (Fsp3) is 0.714. The Labute approximate surface area is 113 Å². The third kappa shape index (κ3) is 2.97. The van der Waals surface area contributed by atoms with E-state index in [0.717, 1.165) is 44.1 Å². The monoisotopic (exact) mass is 262 g/mol. The van der Waals surface area contributed by atoms with E-state index in [0.29, 0.717) is 12.0 Å². The lowest BCUT2D eigenvalue weighted by Gasteiger charge is -2.25. The summed E-state index contributed by atoms with van der Waals surface area (Å²) in [6.45, 7) is 5.06. The van der Waals surface area contributed by atoms with Crippen LogP contribution in [0.25, 0.3) is 0 Å². The van der Waals surface area contributed by atoms with E-state index in [9.17, 15) is 4.79 Å². The van der Waals surface area contributed by atoms with Crippen molar-refractivity contribution >= 4 is 5.82 Å². The zero-order valence-electron chi connectivity index (χ0n) is 11.5. The Bertz CT molecular complexity index is 488. The second-order valence-electron chi connectivity index (χ2n) is 5.60. The van der Waals surface area contributed by atoms with E-state index in [1.807, 2.05) is 0 Å². The molecule has 5 nitrogen and oxygen atoms in total. The molecule has 3 rings (SSSR count). The molecular weight excluding hydrogens is 240 g/mol. The maximum Gasteiger partial charge on any atom is 0.252 e. The molecule has 0 radical (unpaired) electrons. The molecule has 1 atom stereocenters. The van der Waals surface area contributed by atoms with E-state index in [1.54, 1.807) is 6.07 Å². The van der Waals surface area contributed by atoms with Crippen LogP contribution in [0.1, 0.15) is 44.3 Å². The summed E-state index contributed by atoms with van der Waals surface area (Å²) >= 11 is 0. The van der Waals surface area contributed by atoms with Gasteiger partial charge in [0.15, 0.2) is 0 Å². The summed E-state index contributed by atoms with van der Waals surface area (Å²) in [4.78, 5) is 21.5. The normalized spacial score (nSPS) is 22.7. The average Bonchev–Trinajstić information content (AvgIpc) is 3.13. The van der Waals surface area contributed by atoms with Gasteiger partial charge < -0.3 is 15.2 Å². The smallest absolute Gasteiger partial charge is 0.252 e. The highest BCUT2D eigenvalue weighted by molar-refractivity contribution is 5.38. The molecule has 1 aromatic heterocycles. The molecule has 2 aliphatic rings. The van der Waals surface area contributed by atoms with E-state index in [-0.39, 0.29) is 5.56 Å². The predicted octanol–water partition coefficient (Wildman–Crippen LogP) is 1.23. The fourth-order valence-electron chi connectivity index (χ4n) is 2.74. The van der Waals surface area contributed by atoms with Gasteiger partial charge in [0.1, 0.15) is 11.6 Å². The first-order valence-corrected chi connectivity index (χ1v) is 7.36. The van der Waals surface area contributed by atoms with Crippen LogP contribution in [0.2, 0.25) is 0 Å². The van der Waals surface area contributed by atoms with Crippen LogP contribution < -0.4 is 15.8 Å². The topological polar surface area (TPSA) is 61.0 Å². The molecule has 2 heterocycles. The molecule has 1 aromatic rings. The number of likely N-dealkylation sites (N-methyl/N-ethyl adjacent to an activating group) is 1. The number of H-pyrrole nitrogens is 1. The number of aromatic amines is 1. The van der Waals surface area contributed by atoms with Gasteiger partial charge in [-0.25, -0.2) is 4.98 Å². The van der Waals surface area contributed by atoms with E-state index in [1.165, 1.54) is 12.8 Å². The molecule has 1 saturated carbocycles. The first-order valence-electron chi connectivity index (χ1n) is 7.36. The molecule has 104 valence electrons. The highest BCUT2D eigenvalue weighted by Crippen LogP contribution is 2.37. The summed E-state index contributed by atoms with van der Waals surface area (Å²) in [5.74, 6) is 2.19. The van der Waals surface area contributed by atoms with Crippen molar-refractivity contribution in [2.24, 2.45) is 0 Å². The summed E-state index contributed by atoms with van der Waals surface area (Å²) in [5.41, 5.74) is -0.0234. The predicted molar refractivity (Wildman–Crippen MR) is 75.7 cm³/mol. The Balaban J connectivity index is 1.79. The fourth-order valence-corrected chi connectivity index (χ4v) is 2.74. The highest BCUT2D eigenvalue weighted by Gasteiger charge is 2.27. The molecule has 1 unspecified atom stereocenters. The number of hydrogen-bond acceptors (Lipinski definition) is 4. The van der Waals surface area contributed by atoms with Gasteiger partial charge in [-0.1, -0.05) is 0 Å². The van der Waals surface area contributed by atoms with Crippen LogP contribution in [-0.2, 0) is 0 Å². The van der Waals surface area contributed by atoms with Gasteiger partial charge in [0.05, 0.1) is 0 Å². The second kappa shape index (κ2) is 5.33. The number of anilines is 1. The molecule has 0 bridgehead atoms. The van der Waals surface area contributed by atoms with Gasteiger partial charge in [-0.15, -0.1) is 0 Å². The Morgan fingerprint density at radius 3 is 2.89 bits per heavy atom. The van der Waals surface area contributed by atoms with Crippen LogP contribution in [0.15, 0.2) is 10.9 Å². The number of aromatic nitrogens is 2. The zero-order chi connectivity index (χ0) is 13.2. The van der Waals surface area contributed by atoms with Gasteiger partial charge in [-0.05, 0) is 39.2 Å². The largest absolute Gasteiger partial charge is 0.355 e. The second-order valence-corrected chi connectivity index (χ2v) is 5.60. The first-order chi connectivity index (χ1) is 9.26. The minimum atomic E-state index is -0.0234. The Morgan fingerprint density at radius 1 is 1.42 bits per heavy atom. The Morgan fingerprint density at radius 2 is 2.26 bits per heavy atom. The minimum absolute atomic E-state index is 0.0234. The van der Waals surface area contributed by atoms with Crippen molar-refractivity contribution in [2.45, 2.75) is 44.6 Å². The van der Waals surface area contributed by atoms with Crippen LogP contribution in [0.5, 0.6) is 0 Å². The Hall–Kier alpha value is -1.36. The lowest BCUT2D eigenvalue weighted by Crippen LogP contribution is -2.38. The standard InChI is InChI=1S/C14H22N4O/c1-2-18(9-11-4-3-7-15-11)12-8-13(19)17-14(16-12)10-5-6-10/h8,10-11,15H,2-7,9H2,1H3,(H,16,17,19).